The van der Waals surface area contributed by atoms with Crippen molar-refractivity contribution >= 4 is 0 Å². The van der Waals surface area contributed by atoms with Gasteiger partial charge < -0.3 is 14.2 Å². The van der Waals surface area contributed by atoms with Crippen LogP contribution in [0.25, 0.3) is 0 Å². The maximum absolute atomic E-state index is 6.63. The smallest absolute Gasteiger partial charge is 0.0720 e. The molecular weight excluding hydrogens is 408 g/mol. The van der Waals surface area contributed by atoms with Gasteiger partial charge in [-0.05, 0) is 42.2 Å². The van der Waals surface area contributed by atoms with Crippen molar-refractivity contribution in [2.24, 2.45) is 17.8 Å². The van der Waals surface area contributed by atoms with E-state index >= 15 is 0 Å². The first kappa shape index (κ1) is 24.2. The molecule has 1 heterocycles. The Kier molecular flexibility index (Phi) is 8.77. The van der Waals surface area contributed by atoms with Gasteiger partial charge in [-0.25, -0.2) is 0 Å². The van der Waals surface area contributed by atoms with Crippen molar-refractivity contribution in [2.75, 3.05) is 6.61 Å². The molecule has 2 aromatic carbocycles. The van der Waals surface area contributed by atoms with Crippen LogP contribution < -0.4 is 0 Å². The van der Waals surface area contributed by atoms with Crippen molar-refractivity contribution in [1.29, 1.82) is 0 Å². The zero-order valence-electron chi connectivity index (χ0n) is 20.3. The number of ether oxygens (including phenoxy) is 3. The Morgan fingerprint density at radius 2 is 1.67 bits per heavy atom. The van der Waals surface area contributed by atoms with Gasteiger partial charge in [0.25, 0.3) is 0 Å². The summed E-state index contributed by atoms with van der Waals surface area (Å²) in [4.78, 5) is 0. The van der Waals surface area contributed by atoms with E-state index < -0.39 is 0 Å². The summed E-state index contributed by atoms with van der Waals surface area (Å²) in [5, 5.41) is 0. The molecule has 0 radical (unpaired) electrons. The molecule has 0 aromatic heterocycles. The van der Waals surface area contributed by atoms with E-state index in [0.717, 1.165) is 25.2 Å². The normalized spacial score (nSPS) is 27.9. The van der Waals surface area contributed by atoms with Gasteiger partial charge in [-0.2, -0.15) is 0 Å². The summed E-state index contributed by atoms with van der Waals surface area (Å²) in [6.07, 6.45) is 5.95. The minimum atomic E-state index is 0.169. The molecule has 6 atom stereocenters. The molecule has 4 rings (SSSR count). The van der Waals surface area contributed by atoms with Gasteiger partial charge in [0.1, 0.15) is 0 Å². The lowest BCUT2D eigenvalue weighted by Gasteiger charge is -2.38. The van der Waals surface area contributed by atoms with E-state index in [2.05, 4.69) is 75.0 Å². The average Bonchev–Trinajstić information content (AvgIpc) is 3.63. The van der Waals surface area contributed by atoms with E-state index in [-0.39, 0.29) is 18.3 Å². The van der Waals surface area contributed by atoms with E-state index in [1.807, 2.05) is 6.07 Å². The van der Waals surface area contributed by atoms with E-state index in [1.165, 1.54) is 29.5 Å². The van der Waals surface area contributed by atoms with Crippen molar-refractivity contribution < 1.29 is 14.2 Å². The van der Waals surface area contributed by atoms with Gasteiger partial charge in [0.2, 0.25) is 0 Å². The third-order valence-electron chi connectivity index (χ3n) is 7.50. The van der Waals surface area contributed by atoms with Crippen molar-refractivity contribution in [2.45, 2.75) is 77.5 Å². The third kappa shape index (κ3) is 7.02. The maximum atomic E-state index is 6.63. The van der Waals surface area contributed by atoms with Crippen LogP contribution in [0.3, 0.4) is 0 Å². The van der Waals surface area contributed by atoms with Gasteiger partial charge in [0, 0.05) is 18.9 Å². The summed E-state index contributed by atoms with van der Waals surface area (Å²) >= 11 is 0. The van der Waals surface area contributed by atoms with Crippen molar-refractivity contribution in [3.05, 3.63) is 83.9 Å². The summed E-state index contributed by atoms with van der Waals surface area (Å²) in [7, 11) is 0. The monoisotopic (exact) mass is 448 g/mol. The van der Waals surface area contributed by atoms with Gasteiger partial charge in [0.05, 0.1) is 31.5 Å². The van der Waals surface area contributed by atoms with Crippen LogP contribution in [-0.4, -0.2) is 24.9 Å². The second kappa shape index (κ2) is 12.0. The zero-order chi connectivity index (χ0) is 23.0. The van der Waals surface area contributed by atoms with E-state index in [0.29, 0.717) is 31.7 Å². The van der Waals surface area contributed by atoms with E-state index in [4.69, 9.17) is 14.2 Å². The molecule has 3 heteroatoms. The summed E-state index contributed by atoms with van der Waals surface area (Å²) in [6, 6.07) is 20.9. The molecule has 33 heavy (non-hydrogen) atoms. The van der Waals surface area contributed by atoms with Crippen molar-refractivity contribution in [1.82, 2.24) is 0 Å². The predicted molar refractivity (Wildman–Crippen MR) is 134 cm³/mol. The van der Waals surface area contributed by atoms with Gasteiger partial charge >= 0.3 is 0 Å². The van der Waals surface area contributed by atoms with Crippen LogP contribution in [0, 0.1) is 17.8 Å². The van der Waals surface area contributed by atoms with Crippen molar-refractivity contribution in [3.63, 3.8) is 0 Å². The Balaban J connectivity index is 1.29. The van der Waals surface area contributed by atoms with Crippen LogP contribution in [0.15, 0.2) is 72.8 Å². The summed E-state index contributed by atoms with van der Waals surface area (Å²) in [5.41, 5.74) is 3.77. The molecule has 6 unspecified atom stereocenters. The quantitative estimate of drug-likeness (QED) is 0.259. The molecule has 1 saturated heterocycles. The van der Waals surface area contributed by atoms with Gasteiger partial charge in [0.15, 0.2) is 0 Å². The number of benzene rings is 2. The molecule has 2 aromatic rings. The second-order valence-electron chi connectivity index (χ2n) is 9.91. The fraction of sp³-hybridized carbons (Fsp3) is 0.533. The molecule has 2 fully saturated rings. The summed E-state index contributed by atoms with van der Waals surface area (Å²) in [5.74, 6) is 1.84. The minimum absolute atomic E-state index is 0.169. The molecule has 0 amide bonds. The molecule has 0 bridgehead atoms. The fourth-order valence-electron chi connectivity index (χ4n) is 5.17. The van der Waals surface area contributed by atoms with Crippen LogP contribution in [0.5, 0.6) is 0 Å². The Morgan fingerprint density at radius 3 is 2.30 bits per heavy atom. The largest absolute Gasteiger partial charge is 0.377 e. The first-order valence-electron chi connectivity index (χ1n) is 12.7. The molecular formula is C30H40O3. The lowest BCUT2D eigenvalue weighted by atomic mass is 9.85. The van der Waals surface area contributed by atoms with Crippen molar-refractivity contribution in [3.8, 4) is 0 Å². The first-order chi connectivity index (χ1) is 16.1. The number of rotatable bonds is 12. The number of hydrogen-bond acceptors (Lipinski definition) is 3. The maximum Gasteiger partial charge on any atom is 0.0720 e. The van der Waals surface area contributed by atoms with Gasteiger partial charge in [-0.1, -0.05) is 93.1 Å². The SMILES string of the molecule is C=C1CC(CC(OCc2ccccc2)C2CC2CC)OC(CCOCc2ccccc2)C1C. The third-order valence-corrected chi connectivity index (χ3v) is 7.50. The Hall–Kier alpha value is -1.94. The molecule has 3 nitrogen and oxygen atoms in total. The van der Waals surface area contributed by atoms with Crippen LogP contribution in [-0.2, 0) is 27.4 Å². The standard InChI is InChI=1S/C30H40O3/c1-4-26-18-28(26)30(32-21-25-13-9-6-10-14-25)19-27-17-22(2)23(3)29(33-27)15-16-31-20-24-11-7-5-8-12-24/h5-14,23,26-30H,2,4,15-21H2,1,3H3. The fourth-order valence-corrected chi connectivity index (χ4v) is 5.17. The number of hydrogen-bond donors (Lipinski definition) is 0. The Morgan fingerprint density at radius 1 is 1.00 bits per heavy atom. The highest BCUT2D eigenvalue weighted by Crippen LogP contribution is 2.47. The van der Waals surface area contributed by atoms with Gasteiger partial charge in [-0.15, -0.1) is 0 Å². The summed E-state index contributed by atoms with van der Waals surface area (Å²) in [6.45, 7) is 11.0. The minimum Gasteiger partial charge on any atom is -0.377 e. The van der Waals surface area contributed by atoms with E-state index in [9.17, 15) is 0 Å². The molecule has 178 valence electrons. The predicted octanol–water partition coefficient (Wildman–Crippen LogP) is 6.96. The summed E-state index contributed by atoms with van der Waals surface area (Å²) < 4.78 is 19.1. The highest BCUT2D eigenvalue weighted by Gasteiger charge is 2.44. The highest BCUT2D eigenvalue weighted by molar-refractivity contribution is 5.14. The average molecular weight is 449 g/mol. The molecule has 2 aliphatic rings. The topological polar surface area (TPSA) is 27.7 Å². The Labute approximate surface area is 200 Å². The van der Waals surface area contributed by atoms with Crippen LogP contribution in [0.4, 0.5) is 0 Å². The lowest BCUT2D eigenvalue weighted by Crippen LogP contribution is -2.38. The second-order valence-corrected chi connectivity index (χ2v) is 9.91. The van der Waals surface area contributed by atoms with Gasteiger partial charge in [-0.3, -0.25) is 0 Å². The van der Waals surface area contributed by atoms with Crippen LogP contribution in [0.2, 0.25) is 0 Å². The molecule has 0 spiro atoms. The first-order valence-corrected chi connectivity index (χ1v) is 12.7. The van der Waals surface area contributed by atoms with Crippen LogP contribution >= 0.6 is 0 Å². The molecule has 0 N–H and O–H groups in total. The Bertz CT molecular complexity index is 849. The lowest BCUT2D eigenvalue weighted by molar-refractivity contribution is -0.0974. The highest BCUT2D eigenvalue weighted by atomic mass is 16.5. The van der Waals surface area contributed by atoms with E-state index in [1.54, 1.807) is 0 Å². The molecule has 1 saturated carbocycles. The molecule has 1 aliphatic heterocycles. The van der Waals surface area contributed by atoms with Crippen LogP contribution in [0.1, 0.15) is 57.1 Å². The molecule has 1 aliphatic carbocycles. The zero-order valence-corrected chi connectivity index (χ0v) is 20.3.